The van der Waals surface area contributed by atoms with Gasteiger partial charge in [-0.05, 0) is 35.7 Å². The summed E-state index contributed by atoms with van der Waals surface area (Å²) in [5.41, 5.74) is 2.65. The van der Waals surface area contributed by atoms with Crippen LogP contribution in [0.2, 0.25) is 5.02 Å². The molecule has 0 radical (unpaired) electrons. The van der Waals surface area contributed by atoms with Crippen LogP contribution in [0.5, 0.6) is 0 Å². The van der Waals surface area contributed by atoms with Crippen molar-refractivity contribution in [2.45, 2.75) is 25.3 Å². The molecule has 5 rings (SSSR count). The van der Waals surface area contributed by atoms with Crippen LogP contribution >= 0.6 is 11.6 Å². The Balaban J connectivity index is 1.45. The summed E-state index contributed by atoms with van der Waals surface area (Å²) in [5.74, 6) is -1.28. The Morgan fingerprint density at radius 2 is 1.94 bits per heavy atom. The Bertz CT molecular complexity index is 1290. The van der Waals surface area contributed by atoms with E-state index in [1.54, 1.807) is 24.3 Å². The van der Waals surface area contributed by atoms with E-state index in [0.29, 0.717) is 29.7 Å². The maximum Gasteiger partial charge on any atom is 0.258 e. The number of carbonyl (C=O) groups excluding carboxylic acids is 2. The molecule has 162 valence electrons. The van der Waals surface area contributed by atoms with Crippen LogP contribution in [0.25, 0.3) is 0 Å². The van der Waals surface area contributed by atoms with Crippen LogP contribution in [-0.2, 0) is 22.6 Å². The lowest BCUT2D eigenvalue weighted by atomic mass is 9.92. The summed E-state index contributed by atoms with van der Waals surface area (Å²) in [6.07, 6.45) is 0.689. The Labute approximate surface area is 188 Å². The van der Waals surface area contributed by atoms with Crippen LogP contribution in [0.4, 0.5) is 17.5 Å². The SMILES string of the molecule is O=C1C[C@@H](C(=O)Nc2cccc(Cl)c2)c2c(nc(N3CCc4ccccc4C3)[nH]c2=O)N1. The van der Waals surface area contributed by atoms with Crippen molar-refractivity contribution in [1.29, 1.82) is 0 Å². The van der Waals surface area contributed by atoms with Gasteiger partial charge in [0.15, 0.2) is 0 Å². The van der Waals surface area contributed by atoms with Crippen molar-refractivity contribution in [3.8, 4) is 0 Å². The number of amides is 2. The van der Waals surface area contributed by atoms with Crippen LogP contribution in [0.1, 0.15) is 29.0 Å². The summed E-state index contributed by atoms with van der Waals surface area (Å²) in [5, 5.41) is 5.86. The number of fused-ring (bicyclic) bond motifs is 2. The van der Waals surface area contributed by atoms with Gasteiger partial charge in [-0.15, -0.1) is 0 Å². The average Bonchev–Trinajstić information content (AvgIpc) is 2.78. The summed E-state index contributed by atoms with van der Waals surface area (Å²) in [6.45, 7) is 1.29. The molecule has 0 unspecified atom stereocenters. The van der Waals surface area contributed by atoms with E-state index in [9.17, 15) is 14.4 Å². The van der Waals surface area contributed by atoms with Gasteiger partial charge in [0.25, 0.3) is 5.56 Å². The van der Waals surface area contributed by atoms with E-state index in [4.69, 9.17) is 11.6 Å². The number of aromatic amines is 1. The minimum atomic E-state index is -0.954. The van der Waals surface area contributed by atoms with Crippen LogP contribution < -0.4 is 21.1 Å². The lowest BCUT2D eigenvalue weighted by Gasteiger charge is -2.30. The number of halogens is 1. The largest absolute Gasteiger partial charge is 0.338 e. The zero-order valence-electron chi connectivity index (χ0n) is 17.0. The standard InChI is InChI=1S/C23H20ClN5O3/c24-15-6-3-7-16(10-15)25-21(31)17-11-18(30)26-20-19(17)22(32)28-23(27-20)29-9-8-13-4-1-2-5-14(13)12-29/h1-7,10,17H,8-9,11-12H2,(H,25,31)(H2,26,27,28,30,32)/t17-/m1/s1. The third-order valence-corrected chi connectivity index (χ3v) is 6.01. The van der Waals surface area contributed by atoms with Gasteiger partial charge in [0.2, 0.25) is 17.8 Å². The van der Waals surface area contributed by atoms with E-state index in [2.05, 4.69) is 32.7 Å². The fourth-order valence-electron chi connectivity index (χ4n) is 4.21. The normalized spacial score (nSPS) is 17.2. The van der Waals surface area contributed by atoms with Gasteiger partial charge in [-0.2, -0.15) is 4.98 Å². The van der Waals surface area contributed by atoms with Crippen molar-refractivity contribution in [1.82, 2.24) is 9.97 Å². The molecule has 0 saturated heterocycles. The monoisotopic (exact) mass is 449 g/mol. The van der Waals surface area contributed by atoms with E-state index in [-0.39, 0.29) is 23.7 Å². The molecule has 0 fully saturated rings. The molecule has 1 aromatic heterocycles. The quantitative estimate of drug-likeness (QED) is 0.569. The first-order valence-corrected chi connectivity index (χ1v) is 10.7. The minimum Gasteiger partial charge on any atom is -0.338 e. The molecule has 2 aliphatic heterocycles. The summed E-state index contributed by atoms with van der Waals surface area (Å²) < 4.78 is 0. The number of hydrogen-bond acceptors (Lipinski definition) is 5. The van der Waals surface area contributed by atoms with Gasteiger partial charge in [0, 0.05) is 30.2 Å². The summed E-state index contributed by atoms with van der Waals surface area (Å²) in [7, 11) is 0. The first-order chi connectivity index (χ1) is 15.5. The molecule has 9 heteroatoms. The molecule has 2 aliphatic rings. The fraction of sp³-hybridized carbons (Fsp3) is 0.217. The van der Waals surface area contributed by atoms with Crippen molar-refractivity contribution in [2.75, 3.05) is 22.1 Å². The smallest absolute Gasteiger partial charge is 0.258 e. The molecule has 2 amide bonds. The van der Waals surface area contributed by atoms with Gasteiger partial charge in [-0.1, -0.05) is 41.9 Å². The number of hydrogen-bond donors (Lipinski definition) is 3. The number of anilines is 3. The highest BCUT2D eigenvalue weighted by Gasteiger charge is 2.35. The summed E-state index contributed by atoms with van der Waals surface area (Å²) in [4.78, 5) is 47.6. The topological polar surface area (TPSA) is 107 Å². The first-order valence-electron chi connectivity index (χ1n) is 10.3. The zero-order chi connectivity index (χ0) is 22.2. The predicted octanol–water partition coefficient (Wildman–Crippen LogP) is 3.05. The summed E-state index contributed by atoms with van der Waals surface area (Å²) >= 11 is 5.98. The van der Waals surface area contributed by atoms with Gasteiger partial charge >= 0.3 is 0 Å². The maximum absolute atomic E-state index is 13.0. The Hall–Kier alpha value is -3.65. The van der Waals surface area contributed by atoms with E-state index in [1.165, 1.54) is 11.1 Å². The van der Waals surface area contributed by atoms with Crippen LogP contribution in [-0.4, -0.2) is 28.3 Å². The third kappa shape index (κ3) is 3.85. The molecule has 1 atom stereocenters. The molecule has 3 heterocycles. The number of nitrogens with one attached hydrogen (secondary N) is 3. The van der Waals surface area contributed by atoms with E-state index < -0.39 is 17.4 Å². The Kier molecular flexibility index (Phi) is 5.14. The van der Waals surface area contributed by atoms with E-state index in [0.717, 1.165) is 6.42 Å². The van der Waals surface area contributed by atoms with Crippen molar-refractivity contribution in [3.05, 3.63) is 80.6 Å². The molecule has 0 bridgehead atoms. The van der Waals surface area contributed by atoms with Crippen molar-refractivity contribution in [2.24, 2.45) is 0 Å². The van der Waals surface area contributed by atoms with Crippen LogP contribution in [0, 0.1) is 0 Å². The molecule has 0 saturated carbocycles. The van der Waals surface area contributed by atoms with Gasteiger partial charge in [-0.25, -0.2) is 0 Å². The maximum atomic E-state index is 13.0. The molecule has 2 aromatic carbocycles. The molecule has 3 aromatic rings. The van der Waals surface area contributed by atoms with Gasteiger partial charge in [0.05, 0.1) is 11.5 Å². The molecule has 0 aliphatic carbocycles. The van der Waals surface area contributed by atoms with Crippen molar-refractivity contribution < 1.29 is 9.59 Å². The minimum absolute atomic E-state index is 0.130. The number of rotatable bonds is 3. The van der Waals surface area contributed by atoms with Crippen molar-refractivity contribution in [3.63, 3.8) is 0 Å². The molecule has 0 spiro atoms. The van der Waals surface area contributed by atoms with Gasteiger partial charge in [-0.3, -0.25) is 19.4 Å². The van der Waals surface area contributed by atoms with Gasteiger partial charge < -0.3 is 15.5 Å². The second kappa shape index (κ2) is 8.12. The lowest BCUT2D eigenvalue weighted by Crippen LogP contribution is -2.38. The highest BCUT2D eigenvalue weighted by atomic mass is 35.5. The van der Waals surface area contributed by atoms with Crippen molar-refractivity contribution >= 4 is 40.9 Å². The Morgan fingerprint density at radius 3 is 2.75 bits per heavy atom. The van der Waals surface area contributed by atoms with Gasteiger partial charge in [0.1, 0.15) is 5.82 Å². The Morgan fingerprint density at radius 1 is 1.12 bits per heavy atom. The van der Waals surface area contributed by atoms with Crippen LogP contribution in [0.3, 0.4) is 0 Å². The second-order valence-electron chi connectivity index (χ2n) is 7.90. The predicted molar refractivity (Wildman–Crippen MR) is 122 cm³/mol. The van der Waals surface area contributed by atoms with E-state index >= 15 is 0 Å². The number of aromatic nitrogens is 2. The third-order valence-electron chi connectivity index (χ3n) is 5.78. The zero-order valence-corrected chi connectivity index (χ0v) is 17.8. The number of benzene rings is 2. The molecule has 3 N–H and O–H groups in total. The van der Waals surface area contributed by atoms with E-state index in [1.807, 2.05) is 17.0 Å². The first kappa shape index (κ1) is 20.3. The molecule has 32 heavy (non-hydrogen) atoms. The number of H-pyrrole nitrogens is 1. The highest BCUT2D eigenvalue weighted by molar-refractivity contribution is 6.30. The molecule has 8 nitrogen and oxygen atoms in total. The summed E-state index contributed by atoms with van der Waals surface area (Å²) in [6, 6.07) is 14.8. The highest BCUT2D eigenvalue weighted by Crippen LogP contribution is 2.31. The number of nitrogens with zero attached hydrogens (tertiary/aromatic N) is 2. The fourth-order valence-corrected chi connectivity index (χ4v) is 4.40. The molecular weight excluding hydrogens is 430 g/mol. The number of carbonyl (C=O) groups is 2. The lowest BCUT2D eigenvalue weighted by molar-refractivity contribution is -0.123. The average molecular weight is 450 g/mol. The molecular formula is C23H20ClN5O3. The second-order valence-corrected chi connectivity index (χ2v) is 8.33. The van der Waals surface area contributed by atoms with Crippen LogP contribution in [0.15, 0.2) is 53.3 Å².